The van der Waals surface area contributed by atoms with E-state index >= 15 is 0 Å². The van der Waals surface area contributed by atoms with Gasteiger partial charge in [-0.25, -0.2) is 4.98 Å². The second kappa shape index (κ2) is 8.37. The first-order valence-corrected chi connectivity index (χ1v) is 7.22. The van der Waals surface area contributed by atoms with Crippen LogP contribution in [0.1, 0.15) is 32.3 Å². The smallest absolute Gasteiger partial charge is 0.125 e. The van der Waals surface area contributed by atoms with Crippen LogP contribution in [-0.4, -0.2) is 28.5 Å². The van der Waals surface area contributed by atoms with E-state index in [0.717, 1.165) is 31.0 Å². The molecule has 0 saturated carbocycles. The molecule has 1 atom stereocenters. The summed E-state index contributed by atoms with van der Waals surface area (Å²) in [6, 6.07) is 4.14. The number of nitrogens with one attached hydrogen (secondary N) is 1. The van der Waals surface area contributed by atoms with Gasteiger partial charge >= 0.3 is 0 Å². The minimum atomic E-state index is 0.270. The summed E-state index contributed by atoms with van der Waals surface area (Å²) < 4.78 is 0. The summed E-state index contributed by atoms with van der Waals surface area (Å²) in [4.78, 5) is 4.37. The Bertz CT molecular complexity index is 303. The minimum absolute atomic E-state index is 0.270. The molecule has 0 bridgehead atoms. The van der Waals surface area contributed by atoms with E-state index in [2.05, 4.69) is 30.2 Å². The van der Waals surface area contributed by atoms with Crippen molar-refractivity contribution in [3.8, 4) is 0 Å². The fourth-order valence-corrected chi connectivity index (χ4v) is 2.29. The molecule has 4 heteroatoms. The maximum absolute atomic E-state index is 8.82. The van der Waals surface area contributed by atoms with E-state index in [9.17, 15) is 0 Å². The van der Waals surface area contributed by atoms with Gasteiger partial charge in [0.1, 0.15) is 5.82 Å². The van der Waals surface area contributed by atoms with Gasteiger partial charge in [-0.15, -0.1) is 0 Å². The van der Waals surface area contributed by atoms with Crippen LogP contribution in [0.5, 0.6) is 0 Å². The van der Waals surface area contributed by atoms with E-state index < -0.39 is 0 Å². The van der Waals surface area contributed by atoms with Crippen LogP contribution in [0.2, 0.25) is 0 Å². The van der Waals surface area contributed by atoms with Crippen molar-refractivity contribution in [2.75, 3.05) is 18.5 Å². The number of pyridine rings is 1. The standard InChI is InChI=1S/C13H22N2OS/c1-3-7-14-13-5-4-12(9-15-13)10-17-11(2)6-8-16/h4-5,9,11,16H,3,6-8,10H2,1-2H3,(H,14,15). The van der Waals surface area contributed by atoms with Crippen molar-refractivity contribution in [3.05, 3.63) is 23.9 Å². The maximum atomic E-state index is 8.82. The Morgan fingerprint density at radius 3 is 2.88 bits per heavy atom. The fourth-order valence-electron chi connectivity index (χ4n) is 1.37. The summed E-state index contributed by atoms with van der Waals surface area (Å²) in [5, 5.41) is 12.6. The molecule has 1 unspecified atom stereocenters. The molecule has 17 heavy (non-hydrogen) atoms. The van der Waals surface area contributed by atoms with Crippen molar-refractivity contribution in [1.29, 1.82) is 0 Å². The molecule has 1 rings (SSSR count). The van der Waals surface area contributed by atoms with Gasteiger partial charge < -0.3 is 10.4 Å². The molecule has 1 aromatic rings. The van der Waals surface area contributed by atoms with E-state index in [1.54, 1.807) is 0 Å². The number of hydrogen-bond donors (Lipinski definition) is 2. The second-order valence-corrected chi connectivity index (χ2v) is 5.54. The summed E-state index contributed by atoms with van der Waals surface area (Å²) in [6.45, 7) is 5.52. The number of thioether (sulfide) groups is 1. The zero-order chi connectivity index (χ0) is 12.5. The van der Waals surface area contributed by atoms with Crippen LogP contribution < -0.4 is 5.32 Å². The maximum Gasteiger partial charge on any atom is 0.125 e. The van der Waals surface area contributed by atoms with E-state index in [1.807, 2.05) is 24.0 Å². The topological polar surface area (TPSA) is 45.1 Å². The SMILES string of the molecule is CCCNc1ccc(CSC(C)CCO)cn1. The molecule has 2 N–H and O–H groups in total. The number of rotatable bonds is 8. The Morgan fingerprint density at radius 2 is 2.29 bits per heavy atom. The second-order valence-electron chi connectivity index (χ2n) is 4.11. The zero-order valence-electron chi connectivity index (χ0n) is 10.6. The zero-order valence-corrected chi connectivity index (χ0v) is 11.5. The summed E-state index contributed by atoms with van der Waals surface area (Å²) in [6.07, 6.45) is 3.89. The Kier molecular flexibility index (Phi) is 7.05. The van der Waals surface area contributed by atoms with Gasteiger partial charge in [-0.1, -0.05) is 19.9 Å². The molecular formula is C13H22N2OS. The van der Waals surface area contributed by atoms with Crippen LogP contribution in [0.4, 0.5) is 5.82 Å². The minimum Gasteiger partial charge on any atom is -0.396 e. The molecule has 3 nitrogen and oxygen atoms in total. The lowest BCUT2D eigenvalue weighted by atomic mass is 10.3. The van der Waals surface area contributed by atoms with E-state index in [4.69, 9.17) is 5.11 Å². The van der Waals surface area contributed by atoms with E-state index in [0.29, 0.717) is 5.25 Å². The lowest BCUT2D eigenvalue weighted by Crippen LogP contribution is -2.02. The van der Waals surface area contributed by atoms with Crippen molar-refractivity contribution in [2.45, 2.75) is 37.7 Å². The molecule has 0 aromatic carbocycles. The van der Waals surface area contributed by atoms with Crippen LogP contribution >= 0.6 is 11.8 Å². The Hall–Kier alpha value is -0.740. The number of hydrogen-bond acceptors (Lipinski definition) is 4. The van der Waals surface area contributed by atoms with Gasteiger partial charge in [-0.2, -0.15) is 11.8 Å². The molecule has 0 fully saturated rings. The molecule has 0 radical (unpaired) electrons. The first-order valence-electron chi connectivity index (χ1n) is 6.17. The van der Waals surface area contributed by atoms with Crippen molar-refractivity contribution in [3.63, 3.8) is 0 Å². The number of aromatic nitrogens is 1. The highest BCUT2D eigenvalue weighted by molar-refractivity contribution is 7.99. The third-order valence-electron chi connectivity index (χ3n) is 2.45. The molecule has 0 aliphatic carbocycles. The van der Waals surface area contributed by atoms with E-state index in [1.165, 1.54) is 5.56 Å². The van der Waals surface area contributed by atoms with Gasteiger partial charge in [0.05, 0.1) is 0 Å². The summed E-state index contributed by atoms with van der Waals surface area (Å²) >= 11 is 1.86. The van der Waals surface area contributed by atoms with Crippen molar-refractivity contribution >= 4 is 17.6 Å². The van der Waals surface area contributed by atoms with Gasteiger partial charge in [0.25, 0.3) is 0 Å². The Labute approximate surface area is 108 Å². The van der Waals surface area contributed by atoms with Gasteiger partial charge in [0.15, 0.2) is 0 Å². The molecule has 1 heterocycles. The lowest BCUT2D eigenvalue weighted by Gasteiger charge is -2.09. The molecule has 0 aliphatic heterocycles. The van der Waals surface area contributed by atoms with Gasteiger partial charge in [-0.05, 0) is 24.5 Å². The summed E-state index contributed by atoms with van der Waals surface area (Å²) in [5.41, 5.74) is 1.24. The average molecular weight is 254 g/mol. The predicted molar refractivity (Wildman–Crippen MR) is 75.5 cm³/mol. The monoisotopic (exact) mass is 254 g/mol. The molecule has 0 saturated heterocycles. The highest BCUT2D eigenvalue weighted by atomic mass is 32.2. The van der Waals surface area contributed by atoms with Crippen LogP contribution in [0.3, 0.4) is 0 Å². The molecule has 1 aromatic heterocycles. The predicted octanol–water partition coefficient (Wildman–Crippen LogP) is 2.91. The van der Waals surface area contributed by atoms with Crippen LogP contribution in [0.15, 0.2) is 18.3 Å². The highest BCUT2D eigenvalue weighted by Crippen LogP contribution is 2.19. The normalized spacial score (nSPS) is 12.4. The average Bonchev–Trinajstić information content (AvgIpc) is 2.35. The van der Waals surface area contributed by atoms with Crippen molar-refractivity contribution < 1.29 is 5.11 Å². The largest absolute Gasteiger partial charge is 0.396 e. The van der Waals surface area contributed by atoms with Gasteiger partial charge in [0, 0.05) is 30.4 Å². The first-order chi connectivity index (χ1) is 8.26. The Balaban J connectivity index is 2.34. The van der Waals surface area contributed by atoms with Crippen LogP contribution in [0, 0.1) is 0 Å². The summed E-state index contributed by atoms with van der Waals surface area (Å²) in [7, 11) is 0. The molecular weight excluding hydrogens is 232 g/mol. The molecule has 0 aliphatic rings. The quantitative estimate of drug-likeness (QED) is 0.749. The molecule has 0 spiro atoms. The number of anilines is 1. The van der Waals surface area contributed by atoms with Crippen molar-refractivity contribution in [2.24, 2.45) is 0 Å². The third-order valence-corrected chi connectivity index (χ3v) is 3.76. The third kappa shape index (κ3) is 5.94. The molecule has 96 valence electrons. The van der Waals surface area contributed by atoms with Crippen molar-refractivity contribution in [1.82, 2.24) is 4.98 Å². The lowest BCUT2D eigenvalue weighted by molar-refractivity contribution is 0.289. The number of aliphatic hydroxyl groups is 1. The Morgan fingerprint density at radius 1 is 1.47 bits per heavy atom. The van der Waals surface area contributed by atoms with Gasteiger partial charge in [0.2, 0.25) is 0 Å². The summed E-state index contributed by atoms with van der Waals surface area (Å²) in [5.74, 6) is 1.91. The highest BCUT2D eigenvalue weighted by Gasteiger charge is 2.02. The van der Waals surface area contributed by atoms with Crippen LogP contribution in [0.25, 0.3) is 0 Å². The van der Waals surface area contributed by atoms with Gasteiger partial charge in [-0.3, -0.25) is 0 Å². The van der Waals surface area contributed by atoms with E-state index in [-0.39, 0.29) is 6.61 Å². The molecule has 0 amide bonds. The number of nitrogens with zero attached hydrogens (tertiary/aromatic N) is 1. The fraction of sp³-hybridized carbons (Fsp3) is 0.615. The number of aliphatic hydroxyl groups excluding tert-OH is 1. The first kappa shape index (κ1) is 14.3. The van der Waals surface area contributed by atoms with Crippen LogP contribution in [-0.2, 0) is 5.75 Å².